The predicted octanol–water partition coefficient (Wildman–Crippen LogP) is 0.767. The van der Waals surface area contributed by atoms with Crippen molar-refractivity contribution in [3.63, 3.8) is 0 Å². The topological polar surface area (TPSA) is 64.6 Å². The van der Waals surface area contributed by atoms with Crippen molar-refractivity contribution in [1.82, 2.24) is 4.72 Å². The first-order valence-corrected chi connectivity index (χ1v) is 7.29. The second kappa shape index (κ2) is 7.48. The molecule has 0 spiro atoms. The van der Waals surface area contributed by atoms with Crippen molar-refractivity contribution in [1.29, 1.82) is 0 Å². The van der Waals surface area contributed by atoms with Gasteiger partial charge in [0.05, 0.1) is 12.3 Å². The molecule has 0 saturated carbocycles. The van der Waals surface area contributed by atoms with Gasteiger partial charge in [-0.3, -0.25) is 0 Å². The molecule has 6 heteroatoms. The average Bonchev–Trinajstić information content (AvgIpc) is 2.39. The molecule has 0 atom stereocenters. The zero-order chi connectivity index (χ0) is 13.4. The number of ether oxygens (including phenoxy) is 2. The molecular formula is C12H19NO4S. The molecule has 0 radical (unpaired) electrons. The highest BCUT2D eigenvalue weighted by molar-refractivity contribution is 7.89. The average molecular weight is 273 g/mol. The van der Waals surface area contributed by atoms with Crippen LogP contribution in [0.5, 0.6) is 0 Å². The maximum atomic E-state index is 11.7. The van der Waals surface area contributed by atoms with E-state index in [0.717, 1.165) is 5.56 Å². The van der Waals surface area contributed by atoms with Gasteiger partial charge in [-0.15, -0.1) is 0 Å². The van der Waals surface area contributed by atoms with Gasteiger partial charge in [-0.05, 0) is 12.0 Å². The molecule has 0 aliphatic carbocycles. The molecular weight excluding hydrogens is 254 g/mol. The van der Waals surface area contributed by atoms with Gasteiger partial charge in [0.2, 0.25) is 10.0 Å². The summed E-state index contributed by atoms with van der Waals surface area (Å²) in [4.78, 5) is 0. The number of rotatable bonds is 8. The number of benzene rings is 1. The Labute approximate surface area is 108 Å². The van der Waals surface area contributed by atoms with E-state index in [0.29, 0.717) is 6.42 Å². The highest BCUT2D eigenvalue weighted by atomic mass is 32.2. The van der Waals surface area contributed by atoms with Crippen molar-refractivity contribution < 1.29 is 17.9 Å². The van der Waals surface area contributed by atoms with Crippen LogP contribution in [0.2, 0.25) is 0 Å². The Morgan fingerprint density at radius 1 is 1.17 bits per heavy atom. The fourth-order valence-corrected chi connectivity index (χ4v) is 2.47. The van der Waals surface area contributed by atoms with Crippen molar-refractivity contribution >= 4 is 10.0 Å². The summed E-state index contributed by atoms with van der Waals surface area (Å²) in [7, 11) is -0.376. The van der Waals surface area contributed by atoms with Crippen LogP contribution in [0.15, 0.2) is 30.3 Å². The second-order valence-corrected chi connectivity index (χ2v) is 5.73. The van der Waals surface area contributed by atoms with Crippen LogP contribution >= 0.6 is 0 Å². The van der Waals surface area contributed by atoms with Crippen LogP contribution in [-0.4, -0.2) is 41.2 Å². The van der Waals surface area contributed by atoms with Crippen LogP contribution in [-0.2, 0) is 25.9 Å². The quantitative estimate of drug-likeness (QED) is 0.711. The van der Waals surface area contributed by atoms with Crippen molar-refractivity contribution in [2.24, 2.45) is 0 Å². The van der Waals surface area contributed by atoms with Gasteiger partial charge in [0.25, 0.3) is 0 Å². The molecule has 0 amide bonds. The Bertz CT molecular complexity index is 429. The lowest BCUT2D eigenvalue weighted by Crippen LogP contribution is -2.35. The zero-order valence-electron chi connectivity index (χ0n) is 10.6. The molecule has 0 saturated heterocycles. The highest BCUT2D eigenvalue weighted by Crippen LogP contribution is 2.01. The molecule has 5 nitrogen and oxygen atoms in total. The van der Waals surface area contributed by atoms with Gasteiger partial charge in [-0.2, -0.15) is 0 Å². The Hall–Kier alpha value is -0.950. The minimum atomic E-state index is -3.31. The van der Waals surface area contributed by atoms with E-state index in [1.165, 1.54) is 14.2 Å². The molecule has 1 rings (SSSR count). The number of aryl methyl sites for hydroxylation is 1. The van der Waals surface area contributed by atoms with E-state index in [9.17, 15) is 8.42 Å². The molecule has 0 aliphatic heterocycles. The van der Waals surface area contributed by atoms with E-state index in [1.54, 1.807) is 0 Å². The third-order valence-electron chi connectivity index (χ3n) is 2.50. The Balaban J connectivity index is 2.40. The molecule has 18 heavy (non-hydrogen) atoms. The molecule has 0 heterocycles. The number of hydrogen-bond donors (Lipinski definition) is 1. The molecule has 1 aromatic carbocycles. The van der Waals surface area contributed by atoms with E-state index in [2.05, 4.69) is 4.72 Å². The van der Waals surface area contributed by atoms with Crippen molar-refractivity contribution in [2.45, 2.75) is 12.7 Å². The maximum absolute atomic E-state index is 11.7. The minimum absolute atomic E-state index is 0.0527. The summed E-state index contributed by atoms with van der Waals surface area (Å²) in [6, 6.07) is 9.49. The van der Waals surface area contributed by atoms with E-state index < -0.39 is 16.3 Å². The van der Waals surface area contributed by atoms with Crippen LogP contribution in [0, 0.1) is 0 Å². The maximum Gasteiger partial charge on any atom is 0.212 e. The van der Waals surface area contributed by atoms with Gasteiger partial charge in [0.15, 0.2) is 6.29 Å². The first-order chi connectivity index (χ1) is 8.57. The lowest BCUT2D eigenvalue weighted by Gasteiger charge is -2.14. The van der Waals surface area contributed by atoms with Crippen LogP contribution in [0.1, 0.15) is 5.56 Å². The number of hydrogen-bond acceptors (Lipinski definition) is 4. The first kappa shape index (κ1) is 15.1. The summed E-state index contributed by atoms with van der Waals surface area (Å²) in [5.74, 6) is 0.0527. The molecule has 1 aromatic rings. The zero-order valence-corrected chi connectivity index (χ0v) is 11.4. The molecule has 0 aliphatic rings. The third kappa shape index (κ3) is 5.59. The van der Waals surface area contributed by atoms with Crippen LogP contribution in [0.25, 0.3) is 0 Å². The lowest BCUT2D eigenvalue weighted by atomic mass is 10.2. The summed E-state index contributed by atoms with van der Waals surface area (Å²) in [5, 5.41) is 0. The Morgan fingerprint density at radius 2 is 1.78 bits per heavy atom. The van der Waals surface area contributed by atoms with E-state index >= 15 is 0 Å². The summed E-state index contributed by atoms with van der Waals surface area (Å²) < 4.78 is 35.7. The molecule has 102 valence electrons. The number of sulfonamides is 1. The minimum Gasteiger partial charge on any atom is -0.355 e. The number of nitrogens with one attached hydrogen (secondary N) is 1. The molecule has 0 bridgehead atoms. The molecule has 1 N–H and O–H groups in total. The van der Waals surface area contributed by atoms with Gasteiger partial charge >= 0.3 is 0 Å². The van der Waals surface area contributed by atoms with Gasteiger partial charge in [0, 0.05) is 14.2 Å². The van der Waals surface area contributed by atoms with Gasteiger partial charge in [-0.25, -0.2) is 13.1 Å². The smallest absolute Gasteiger partial charge is 0.212 e. The van der Waals surface area contributed by atoms with Crippen molar-refractivity contribution in [3.05, 3.63) is 35.9 Å². The van der Waals surface area contributed by atoms with Crippen LogP contribution < -0.4 is 4.72 Å². The van der Waals surface area contributed by atoms with E-state index in [1.807, 2.05) is 30.3 Å². The van der Waals surface area contributed by atoms with Gasteiger partial charge in [-0.1, -0.05) is 30.3 Å². The standard InChI is InChI=1S/C12H19NO4S/c1-16-12(17-2)10-13-18(14,15)9-8-11-6-4-3-5-7-11/h3-7,12-13H,8-10H2,1-2H3. The van der Waals surface area contributed by atoms with Crippen LogP contribution in [0.3, 0.4) is 0 Å². The van der Waals surface area contributed by atoms with Crippen molar-refractivity contribution in [3.8, 4) is 0 Å². The van der Waals surface area contributed by atoms with E-state index in [4.69, 9.17) is 9.47 Å². The number of methoxy groups -OCH3 is 2. The fourth-order valence-electron chi connectivity index (χ4n) is 1.43. The Kier molecular flexibility index (Phi) is 6.28. The lowest BCUT2D eigenvalue weighted by molar-refractivity contribution is -0.0960. The van der Waals surface area contributed by atoms with Crippen molar-refractivity contribution in [2.75, 3.05) is 26.5 Å². The monoisotopic (exact) mass is 273 g/mol. The SMILES string of the molecule is COC(CNS(=O)(=O)CCc1ccccc1)OC. The first-order valence-electron chi connectivity index (χ1n) is 5.64. The summed E-state index contributed by atoms with van der Waals surface area (Å²) in [6.45, 7) is 0.115. The van der Waals surface area contributed by atoms with Crippen LogP contribution in [0.4, 0.5) is 0 Å². The second-order valence-electron chi connectivity index (χ2n) is 3.80. The molecule has 0 aromatic heterocycles. The van der Waals surface area contributed by atoms with Gasteiger partial charge < -0.3 is 9.47 Å². The molecule has 0 fully saturated rings. The summed E-state index contributed by atoms with van der Waals surface area (Å²) in [5.41, 5.74) is 0.998. The highest BCUT2D eigenvalue weighted by Gasteiger charge is 2.13. The van der Waals surface area contributed by atoms with E-state index in [-0.39, 0.29) is 12.3 Å². The predicted molar refractivity (Wildman–Crippen MR) is 69.7 cm³/mol. The Morgan fingerprint density at radius 3 is 2.33 bits per heavy atom. The fraction of sp³-hybridized carbons (Fsp3) is 0.500. The summed E-state index contributed by atoms with van der Waals surface area (Å²) >= 11 is 0. The molecule has 0 unspecified atom stereocenters. The third-order valence-corrected chi connectivity index (χ3v) is 3.85. The largest absolute Gasteiger partial charge is 0.355 e. The van der Waals surface area contributed by atoms with Gasteiger partial charge in [0.1, 0.15) is 0 Å². The normalized spacial score (nSPS) is 11.9. The summed E-state index contributed by atoms with van der Waals surface area (Å²) in [6.07, 6.45) is -0.0719.